The molecule has 1 nitrogen and oxygen atoms in total. The normalized spacial score (nSPS) is 17.4. The molecule has 1 aromatic heterocycles. The summed E-state index contributed by atoms with van der Waals surface area (Å²) < 4.78 is 3.58. The summed E-state index contributed by atoms with van der Waals surface area (Å²) in [5.41, 5.74) is 2.86. The zero-order chi connectivity index (χ0) is 11.1. The fourth-order valence-electron chi connectivity index (χ4n) is 2.96. The molecule has 1 saturated carbocycles. The van der Waals surface area contributed by atoms with Gasteiger partial charge in [0.15, 0.2) is 0 Å². The van der Waals surface area contributed by atoms with Gasteiger partial charge in [0.2, 0.25) is 0 Å². The first-order valence-corrected chi connectivity index (χ1v) is 6.80. The molecule has 0 bridgehead atoms. The van der Waals surface area contributed by atoms with Gasteiger partial charge in [0.1, 0.15) is 0 Å². The highest BCUT2D eigenvalue weighted by atomic mass is 79.9. The van der Waals surface area contributed by atoms with Crippen molar-refractivity contribution in [1.82, 2.24) is 4.57 Å². The Morgan fingerprint density at radius 3 is 2.69 bits per heavy atom. The van der Waals surface area contributed by atoms with E-state index in [1.54, 1.807) is 0 Å². The van der Waals surface area contributed by atoms with Crippen LogP contribution in [0.1, 0.15) is 37.3 Å². The molecule has 0 amide bonds. The van der Waals surface area contributed by atoms with E-state index in [1.807, 2.05) is 0 Å². The quantitative estimate of drug-likeness (QED) is 0.718. The molecule has 84 valence electrons. The molecule has 0 unspecified atom stereocenters. The van der Waals surface area contributed by atoms with Crippen LogP contribution in [0.2, 0.25) is 0 Å². The molecule has 16 heavy (non-hydrogen) atoms. The smallest absolute Gasteiger partial charge is 0.0491 e. The Hall–Kier alpha value is -0.760. The summed E-state index contributed by atoms with van der Waals surface area (Å²) in [5.74, 6) is 0.782. The number of nitrogens with zero attached hydrogens (tertiary/aromatic N) is 1. The maximum atomic E-state index is 3.64. The molecule has 1 aliphatic rings. The lowest BCUT2D eigenvalue weighted by atomic mass is 10.0. The highest BCUT2D eigenvalue weighted by Crippen LogP contribution is 2.37. The van der Waals surface area contributed by atoms with Gasteiger partial charge >= 0.3 is 0 Å². The Bertz CT molecular complexity index is 521. The van der Waals surface area contributed by atoms with Crippen LogP contribution in [0.3, 0.4) is 0 Å². The van der Waals surface area contributed by atoms with E-state index in [1.165, 1.54) is 46.8 Å². The Balaban J connectivity index is 2.18. The second-order valence-electron chi connectivity index (χ2n) is 4.78. The first kappa shape index (κ1) is 10.4. The van der Waals surface area contributed by atoms with Crippen LogP contribution in [0, 0.1) is 0 Å². The Kier molecular flexibility index (Phi) is 2.55. The van der Waals surface area contributed by atoms with Gasteiger partial charge < -0.3 is 4.57 Å². The standard InChI is InChI=1S/C14H16BrN/c1-16-13-8-4-7-12(15)11(13)9-14(16)10-5-2-3-6-10/h4,7-10H,2-3,5-6H2,1H3. The minimum atomic E-state index is 0.782. The third-order valence-electron chi connectivity index (χ3n) is 3.84. The van der Waals surface area contributed by atoms with Crippen molar-refractivity contribution in [2.75, 3.05) is 0 Å². The summed E-state index contributed by atoms with van der Waals surface area (Å²) in [6.45, 7) is 0. The fourth-order valence-corrected chi connectivity index (χ4v) is 3.43. The zero-order valence-electron chi connectivity index (χ0n) is 9.54. The molecule has 3 rings (SSSR count). The van der Waals surface area contributed by atoms with Crippen LogP contribution in [0.25, 0.3) is 10.9 Å². The minimum absolute atomic E-state index is 0.782. The minimum Gasteiger partial charge on any atom is -0.347 e. The van der Waals surface area contributed by atoms with E-state index in [2.05, 4.69) is 51.8 Å². The number of hydrogen-bond donors (Lipinski definition) is 0. The van der Waals surface area contributed by atoms with Crippen LogP contribution in [0.15, 0.2) is 28.7 Å². The molecule has 1 fully saturated rings. The number of aromatic nitrogens is 1. The first-order chi connectivity index (χ1) is 7.77. The average Bonchev–Trinajstić information content (AvgIpc) is 2.88. The molecule has 0 spiro atoms. The van der Waals surface area contributed by atoms with Crippen LogP contribution >= 0.6 is 15.9 Å². The van der Waals surface area contributed by atoms with Gasteiger partial charge in [-0.3, -0.25) is 0 Å². The molecule has 0 saturated heterocycles. The molecule has 2 aromatic rings. The lowest BCUT2D eigenvalue weighted by molar-refractivity contribution is 0.663. The van der Waals surface area contributed by atoms with E-state index < -0.39 is 0 Å². The van der Waals surface area contributed by atoms with Gasteiger partial charge in [0.05, 0.1) is 0 Å². The highest BCUT2D eigenvalue weighted by molar-refractivity contribution is 9.10. The van der Waals surface area contributed by atoms with Gasteiger partial charge in [-0.05, 0) is 37.0 Å². The number of aryl methyl sites for hydroxylation is 1. The van der Waals surface area contributed by atoms with E-state index >= 15 is 0 Å². The summed E-state index contributed by atoms with van der Waals surface area (Å²) in [6.07, 6.45) is 5.52. The molecule has 0 aliphatic heterocycles. The highest BCUT2D eigenvalue weighted by Gasteiger charge is 2.21. The van der Waals surface area contributed by atoms with Gasteiger partial charge in [-0.25, -0.2) is 0 Å². The number of hydrogen-bond acceptors (Lipinski definition) is 0. The lowest BCUT2D eigenvalue weighted by Gasteiger charge is -2.10. The molecule has 2 heteroatoms. The maximum Gasteiger partial charge on any atom is 0.0491 e. The van der Waals surface area contributed by atoms with Crippen molar-refractivity contribution in [2.45, 2.75) is 31.6 Å². The molecular formula is C14H16BrN. The van der Waals surface area contributed by atoms with Crippen molar-refractivity contribution >= 4 is 26.8 Å². The Morgan fingerprint density at radius 2 is 2.00 bits per heavy atom. The van der Waals surface area contributed by atoms with Crippen molar-refractivity contribution in [3.63, 3.8) is 0 Å². The topological polar surface area (TPSA) is 4.93 Å². The summed E-state index contributed by atoms with van der Waals surface area (Å²) in [5, 5.41) is 1.35. The van der Waals surface area contributed by atoms with E-state index in [-0.39, 0.29) is 0 Å². The Labute approximate surface area is 105 Å². The molecule has 0 atom stereocenters. The van der Waals surface area contributed by atoms with Crippen LogP contribution in [0.4, 0.5) is 0 Å². The van der Waals surface area contributed by atoms with Crippen molar-refractivity contribution in [3.8, 4) is 0 Å². The molecular weight excluding hydrogens is 262 g/mol. The van der Waals surface area contributed by atoms with Crippen LogP contribution in [0.5, 0.6) is 0 Å². The number of fused-ring (bicyclic) bond motifs is 1. The second kappa shape index (κ2) is 3.92. The first-order valence-electron chi connectivity index (χ1n) is 6.01. The van der Waals surface area contributed by atoms with E-state index in [0.717, 1.165) is 5.92 Å². The van der Waals surface area contributed by atoms with Crippen LogP contribution < -0.4 is 0 Å². The summed E-state index contributed by atoms with van der Waals surface area (Å²) in [6, 6.07) is 8.82. The fraction of sp³-hybridized carbons (Fsp3) is 0.429. The van der Waals surface area contributed by atoms with Gasteiger partial charge in [-0.1, -0.05) is 34.8 Å². The lowest BCUT2D eigenvalue weighted by Crippen LogP contribution is -2.00. The molecule has 1 aliphatic carbocycles. The number of halogens is 1. The SMILES string of the molecule is Cn1c(C2CCCC2)cc2c(Br)cccc21. The summed E-state index contributed by atoms with van der Waals surface area (Å²) >= 11 is 3.64. The van der Waals surface area contributed by atoms with E-state index in [0.29, 0.717) is 0 Å². The van der Waals surface area contributed by atoms with Crippen molar-refractivity contribution in [2.24, 2.45) is 7.05 Å². The summed E-state index contributed by atoms with van der Waals surface area (Å²) in [4.78, 5) is 0. The number of benzene rings is 1. The summed E-state index contributed by atoms with van der Waals surface area (Å²) in [7, 11) is 2.20. The van der Waals surface area contributed by atoms with E-state index in [9.17, 15) is 0 Å². The second-order valence-corrected chi connectivity index (χ2v) is 5.64. The van der Waals surface area contributed by atoms with Crippen molar-refractivity contribution in [1.29, 1.82) is 0 Å². The molecule has 1 aromatic carbocycles. The average molecular weight is 278 g/mol. The third kappa shape index (κ3) is 1.51. The maximum absolute atomic E-state index is 3.64. The van der Waals surface area contributed by atoms with Crippen molar-refractivity contribution < 1.29 is 0 Å². The molecule has 1 heterocycles. The molecule has 0 N–H and O–H groups in total. The van der Waals surface area contributed by atoms with Gasteiger partial charge in [-0.15, -0.1) is 0 Å². The van der Waals surface area contributed by atoms with Crippen LogP contribution in [-0.4, -0.2) is 4.57 Å². The van der Waals surface area contributed by atoms with Crippen LogP contribution in [-0.2, 0) is 7.05 Å². The van der Waals surface area contributed by atoms with E-state index in [4.69, 9.17) is 0 Å². The van der Waals surface area contributed by atoms with Gasteiger partial charge in [-0.2, -0.15) is 0 Å². The Morgan fingerprint density at radius 1 is 1.25 bits per heavy atom. The monoisotopic (exact) mass is 277 g/mol. The number of rotatable bonds is 1. The third-order valence-corrected chi connectivity index (χ3v) is 4.54. The van der Waals surface area contributed by atoms with Crippen molar-refractivity contribution in [3.05, 3.63) is 34.4 Å². The zero-order valence-corrected chi connectivity index (χ0v) is 11.1. The van der Waals surface area contributed by atoms with Gasteiger partial charge in [0.25, 0.3) is 0 Å². The predicted molar refractivity (Wildman–Crippen MR) is 71.8 cm³/mol. The van der Waals surface area contributed by atoms with Gasteiger partial charge in [0, 0.05) is 28.1 Å². The predicted octanol–water partition coefficient (Wildman–Crippen LogP) is 4.60. The molecule has 0 radical (unpaired) electrons. The largest absolute Gasteiger partial charge is 0.347 e.